The Hall–Kier alpha value is -1.71. The van der Waals surface area contributed by atoms with E-state index < -0.39 is 0 Å². The fourth-order valence-electron chi connectivity index (χ4n) is 4.24. The molecule has 1 saturated carbocycles. The van der Waals surface area contributed by atoms with Crippen molar-refractivity contribution in [2.45, 2.75) is 53.0 Å². The van der Waals surface area contributed by atoms with Gasteiger partial charge in [0.15, 0.2) is 0 Å². The molecule has 4 nitrogen and oxygen atoms in total. The van der Waals surface area contributed by atoms with Crippen LogP contribution in [0, 0.1) is 10.8 Å². The monoisotopic (exact) mass is 286 g/mol. The largest absolute Gasteiger partial charge is 0.399 e. The maximum atomic E-state index is 5.82. The van der Waals surface area contributed by atoms with Crippen LogP contribution in [-0.4, -0.2) is 16.0 Å². The molecule has 1 heterocycles. The number of imidazole rings is 1. The highest BCUT2D eigenvalue weighted by Crippen LogP contribution is 2.46. The number of nitrogen functional groups attached to an aromatic ring is 1. The van der Waals surface area contributed by atoms with Crippen LogP contribution in [0.25, 0.3) is 11.0 Å². The van der Waals surface area contributed by atoms with E-state index in [0.29, 0.717) is 16.9 Å². The second kappa shape index (κ2) is 4.65. The van der Waals surface area contributed by atoms with Gasteiger partial charge in [0.25, 0.3) is 0 Å². The van der Waals surface area contributed by atoms with Gasteiger partial charge in [0.2, 0.25) is 5.95 Å². The first-order chi connectivity index (χ1) is 9.72. The van der Waals surface area contributed by atoms with Crippen LogP contribution in [0.2, 0.25) is 0 Å². The van der Waals surface area contributed by atoms with Gasteiger partial charge >= 0.3 is 0 Å². The number of hydrogen-bond acceptors (Lipinski definition) is 3. The molecule has 0 amide bonds. The number of rotatable bonds is 2. The molecule has 0 unspecified atom stereocenters. The Balaban J connectivity index is 1.81. The minimum absolute atomic E-state index is 0.371. The number of H-pyrrole nitrogens is 1. The molecule has 1 aromatic carbocycles. The number of aromatic amines is 1. The van der Waals surface area contributed by atoms with Gasteiger partial charge in [-0.25, -0.2) is 4.98 Å². The summed E-state index contributed by atoms with van der Waals surface area (Å²) in [6, 6.07) is 6.24. The molecule has 4 heteroatoms. The van der Waals surface area contributed by atoms with E-state index >= 15 is 0 Å². The second-order valence-electron chi connectivity index (χ2n) is 8.12. The highest BCUT2D eigenvalue weighted by atomic mass is 15.1. The fraction of sp³-hybridized carbons (Fsp3) is 0.588. The normalized spacial score (nSPS) is 21.5. The topological polar surface area (TPSA) is 66.7 Å². The first-order valence-corrected chi connectivity index (χ1v) is 7.74. The van der Waals surface area contributed by atoms with Crippen LogP contribution in [0.15, 0.2) is 18.2 Å². The molecule has 0 aliphatic heterocycles. The molecule has 0 spiro atoms. The Morgan fingerprint density at radius 1 is 1.19 bits per heavy atom. The van der Waals surface area contributed by atoms with E-state index in [1.807, 2.05) is 18.2 Å². The molecule has 1 aliphatic rings. The van der Waals surface area contributed by atoms with E-state index in [1.54, 1.807) is 0 Å². The van der Waals surface area contributed by atoms with Crippen molar-refractivity contribution in [3.63, 3.8) is 0 Å². The third-order valence-electron chi connectivity index (χ3n) is 4.40. The van der Waals surface area contributed by atoms with Crippen molar-refractivity contribution in [3.8, 4) is 0 Å². The summed E-state index contributed by atoms with van der Waals surface area (Å²) in [5, 5.41) is 3.59. The van der Waals surface area contributed by atoms with Crippen molar-refractivity contribution in [2.75, 3.05) is 11.1 Å². The molecule has 0 atom stereocenters. The average Bonchev–Trinajstić information content (AvgIpc) is 2.65. The van der Waals surface area contributed by atoms with E-state index in [4.69, 9.17) is 5.73 Å². The standard InChI is InChI=1S/C17H26N4/c1-16(2)8-12(9-17(3,4)10-16)19-15-20-13-6-5-11(18)7-14(13)21-15/h5-7,12H,8-10,18H2,1-4H3,(H2,19,20,21). The third-order valence-corrected chi connectivity index (χ3v) is 4.40. The van der Waals surface area contributed by atoms with Gasteiger partial charge in [-0.3, -0.25) is 0 Å². The molecule has 1 aromatic heterocycles. The zero-order chi connectivity index (χ0) is 15.3. The van der Waals surface area contributed by atoms with Crippen molar-refractivity contribution in [1.82, 2.24) is 9.97 Å². The quantitative estimate of drug-likeness (QED) is 0.726. The van der Waals surface area contributed by atoms with Crippen LogP contribution >= 0.6 is 0 Å². The Kier molecular flexibility index (Phi) is 3.15. The van der Waals surface area contributed by atoms with Crippen LogP contribution in [-0.2, 0) is 0 Å². The number of fused-ring (bicyclic) bond motifs is 1. The van der Waals surface area contributed by atoms with Crippen LogP contribution in [0.4, 0.5) is 11.6 Å². The van der Waals surface area contributed by atoms with Crippen molar-refractivity contribution in [1.29, 1.82) is 0 Å². The summed E-state index contributed by atoms with van der Waals surface area (Å²) in [6.45, 7) is 9.45. The number of aromatic nitrogens is 2. The number of anilines is 2. The van der Waals surface area contributed by atoms with Crippen LogP contribution in [0.1, 0.15) is 47.0 Å². The van der Waals surface area contributed by atoms with Gasteiger partial charge in [0.1, 0.15) is 0 Å². The predicted molar refractivity (Wildman–Crippen MR) is 89.3 cm³/mol. The molecule has 0 saturated heterocycles. The van der Waals surface area contributed by atoms with Gasteiger partial charge in [0, 0.05) is 11.7 Å². The molecular weight excluding hydrogens is 260 g/mol. The number of benzene rings is 1. The smallest absolute Gasteiger partial charge is 0.201 e. The van der Waals surface area contributed by atoms with Crippen molar-refractivity contribution in [3.05, 3.63) is 18.2 Å². The SMILES string of the molecule is CC1(C)CC(Nc2nc3ccc(N)cc3[nH]2)CC(C)(C)C1. The summed E-state index contributed by atoms with van der Waals surface area (Å²) >= 11 is 0. The van der Waals surface area contributed by atoms with Crippen molar-refractivity contribution in [2.24, 2.45) is 10.8 Å². The molecule has 114 valence electrons. The third kappa shape index (κ3) is 3.14. The number of nitrogens with zero attached hydrogens (tertiary/aromatic N) is 1. The minimum Gasteiger partial charge on any atom is -0.399 e. The van der Waals surface area contributed by atoms with Gasteiger partial charge in [-0.15, -0.1) is 0 Å². The van der Waals surface area contributed by atoms with Gasteiger partial charge in [-0.05, 0) is 48.3 Å². The maximum Gasteiger partial charge on any atom is 0.201 e. The molecule has 2 aromatic rings. The molecule has 0 bridgehead atoms. The lowest BCUT2D eigenvalue weighted by atomic mass is 9.63. The molecule has 3 rings (SSSR count). The van der Waals surface area contributed by atoms with E-state index in [-0.39, 0.29) is 0 Å². The minimum atomic E-state index is 0.371. The summed E-state index contributed by atoms with van der Waals surface area (Å²) in [6.07, 6.45) is 3.63. The lowest BCUT2D eigenvalue weighted by Crippen LogP contribution is -2.40. The lowest BCUT2D eigenvalue weighted by Gasteiger charge is -2.45. The van der Waals surface area contributed by atoms with E-state index in [1.165, 1.54) is 19.3 Å². The lowest BCUT2D eigenvalue weighted by molar-refractivity contribution is 0.105. The highest BCUT2D eigenvalue weighted by Gasteiger charge is 2.38. The zero-order valence-electron chi connectivity index (χ0n) is 13.5. The Labute approximate surface area is 126 Å². The first kappa shape index (κ1) is 14.2. The Morgan fingerprint density at radius 2 is 1.86 bits per heavy atom. The van der Waals surface area contributed by atoms with Crippen LogP contribution in [0.3, 0.4) is 0 Å². The fourth-order valence-corrected chi connectivity index (χ4v) is 4.24. The number of nitrogens with two attached hydrogens (primary N) is 1. The molecule has 1 fully saturated rings. The number of hydrogen-bond donors (Lipinski definition) is 3. The van der Waals surface area contributed by atoms with E-state index in [9.17, 15) is 0 Å². The van der Waals surface area contributed by atoms with Gasteiger partial charge < -0.3 is 16.0 Å². The van der Waals surface area contributed by atoms with E-state index in [0.717, 1.165) is 22.7 Å². The van der Waals surface area contributed by atoms with Crippen LogP contribution < -0.4 is 11.1 Å². The molecular formula is C17H26N4. The summed E-state index contributed by atoms with van der Waals surface area (Å²) < 4.78 is 0. The van der Waals surface area contributed by atoms with Gasteiger partial charge in [-0.2, -0.15) is 0 Å². The van der Waals surface area contributed by atoms with Gasteiger partial charge in [0.05, 0.1) is 11.0 Å². The van der Waals surface area contributed by atoms with Crippen molar-refractivity contribution >= 4 is 22.7 Å². The molecule has 4 N–H and O–H groups in total. The van der Waals surface area contributed by atoms with E-state index in [2.05, 4.69) is 43.0 Å². The molecule has 21 heavy (non-hydrogen) atoms. The summed E-state index contributed by atoms with van der Waals surface area (Å²) in [4.78, 5) is 7.96. The maximum absolute atomic E-state index is 5.82. The summed E-state index contributed by atoms with van der Waals surface area (Å²) in [7, 11) is 0. The Morgan fingerprint density at radius 3 is 2.52 bits per heavy atom. The zero-order valence-corrected chi connectivity index (χ0v) is 13.5. The first-order valence-electron chi connectivity index (χ1n) is 7.74. The Bertz CT molecular complexity index is 638. The second-order valence-corrected chi connectivity index (χ2v) is 8.12. The highest BCUT2D eigenvalue weighted by molar-refractivity contribution is 5.80. The predicted octanol–water partition coefficient (Wildman–Crippen LogP) is 4.16. The number of nitrogens with one attached hydrogen (secondary N) is 2. The molecule has 1 aliphatic carbocycles. The average molecular weight is 286 g/mol. The summed E-state index contributed by atoms with van der Waals surface area (Å²) in [5.74, 6) is 0.856. The molecule has 0 radical (unpaired) electrons. The van der Waals surface area contributed by atoms with Crippen molar-refractivity contribution < 1.29 is 0 Å². The summed E-state index contributed by atoms with van der Waals surface area (Å²) in [5.41, 5.74) is 9.28. The van der Waals surface area contributed by atoms with Gasteiger partial charge in [-0.1, -0.05) is 27.7 Å². The van der Waals surface area contributed by atoms with Crippen LogP contribution in [0.5, 0.6) is 0 Å².